The quantitative estimate of drug-likeness (QED) is 0.661. The molecule has 0 aliphatic carbocycles. The molecular formula is C9H10N2O. The van der Waals surface area contributed by atoms with Gasteiger partial charge in [-0.2, -0.15) is 5.26 Å². The Hall–Kier alpha value is -1.56. The van der Waals surface area contributed by atoms with Gasteiger partial charge in [-0.1, -0.05) is 6.07 Å². The van der Waals surface area contributed by atoms with Crippen LogP contribution in [0.15, 0.2) is 12.1 Å². The number of nitriles is 1. The standard InChI is InChI=1S/C9H10N2O/c1-7-8(5-6-10)3-4-9(11-7)12-2/h3-4H,5H2,1-2H3. The minimum Gasteiger partial charge on any atom is -0.481 e. The molecule has 1 rings (SSSR count). The highest BCUT2D eigenvalue weighted by atomic mass is 16.5. The third-order valence-corrected chi connectivity index (χ3v) is 1.65. The highest BCUT2D eigenvalue weighted by Gasteiger charge is 2.00. The average Bonchev–Trinajstić information content (AvgIpc) is 2.09. The van der Waals surface area contributed by atoms with E-state index in [0.717, 1.165) is 11.3 Å². The Bertz CT molecular complexity index is 315. The SMILES string of the molecule is COc1ccc(CC#N)c(C)n1. The molecule has 0 N–H and O–H groups in total. The first-order valence-electron chi connectivity index (χ1n) is 3.65. The lowest BCUT2D eigenvalue weighted by atomic mass is 10.1. The molecule has 0 saturated heterocycles. The minimum atomic E-state index is 0.406. The monoisotopic (exact) mass is 162 g/mol. The normalized spacial score (nSPS) is 9.08. The van der Waals surface area contributed by atoms with Crippen LogP contribution in [-0.2, 0) is 6.42 Å². The topological polar surface area (TPSA) is 45.9 Å². The van der Waals surface area contributed by atoms with Gasteiger partial charge in [-0.05, 0) is 12.5 Å². The maximum atomic E-state index is 8.46. The van der Waals surface area contributed by atoms with Gasteiger partial charge in [0.1, 0.15) is 0 Å². The molecule has 0 aliphatic rings. The van der Waals surface area contributed by atoms with Gasteiger partial charge in [0.25, 0.3) is 0 Å². The van der Waals surface area contributed by atoms with E-state index in [1.165, 1.54) is 0 Å². The number of aromatic nitrogens is 1. The molecule has 0 atom stereocenters. The van der Waals surface area contributed by atoms with Gasteiger partial charge in [0.2, 0.25) is 5.88 Å². The average molecular weight is 162 g/mol. The van der Waals surface area contributed by atoms with E-state index < -0.39 is 0 Å². The molecule has 0 fully saturated rings. The molecule has 0 spiro atoms. The predicted molar refractivity (Wildman–Crippen MR) is 44.8 cm³/mol. The summed E-state index contributed by atoms with van der Waals surface area (Å²) >= 11 is 0. The molecule has 0 aromatic carbocycles. The van der Waals surface area contributed by atoms with Crippen LogP contribution >= 0.6 is 0 Å². The molecule has 0 saturated carbocycles. The highest BCUT2D eigenvalue weighted by Crippen LogP contribution is 2.11. The number of aryl methyl sites for hydroxylation is 1. The lowest BCUT2D eigenvalue weighted by molar-refractivity contribution is 0.396. The Morgan fingerprint density at radius 1 is 1.58 bits per heavy atom. The van der Waals surface area contributed by atoms with Crippen molar-refractivity contribution in [1.29, 1.82) is 5.26 Å². The van der Waals surface area contributed by atoms with E-state index in [1.807, 2.05) is 13.0 Å². The second-order valence-corrected chi connectivity index (χ2v) is 2.43. The first-order valence-corrected chi connectivity index (χ1v) is 3.65. The number of hydrogen-bond acceptors (Lipinski definition) is 3. The Labute approximate surface area is 71.6 Å². The van der Waals surface area contributed by atoms with Crippen LogP contribution in [0.5, 0.6) is 5.88 Å². The van der Waals surface area contributed by atoms with E-state index in [2.05, 4.69) is 11.1 Å². The van der Waals surface area contributed by atoms with Gasteiger partial charge in [-0.25, -0.2) is 4.98 Å². The van der Waals surface area contributed by atoms with Crippen molar-refractivity contribution in [1.82, 2.24) is 4.98 Å². The molecule has 0 bridgehead atoms. The summed E-state index contributed by atoms with van der Waals surface area (Å²) in [6, 6.07) is 5.71. The summed E-state index contributed by atoms with van der Waals surface area (Å²) in [5, 5.41) is 8.46. The number of nitrogens with zero attached hydrogens (tertiary/aromatic N) is 2. The fraction of sp³-hybridized carbons (Fsp3) is 0.333. The lowest BCUT2D eigenvalue weighted by Gasteiger charge is -2.02. The number of rotatable bonds is 2. The summed E-state index contributed by atoms with van der Waals surface area (Å²) in [4.78, 5) is 4.14. The Balaban J connectivity index is 2.97. The van der Waals surface area contributed by atoms with Gasteiger partial charge in [0, 0.05) is 11.8 Å². The maximum absolute atomic E-state index is 8.46. The molecule has 3 nitrogen and oxygen atoms in total. The first-order chi connectivity index (χ1) is 5.77. The molecule has 0 amide bonds. The summed E-state index contributed by atoms with van der Waals surface area (Å²) in [5.41, 5.74) is 1.81. The van der Waals surface area contributed by atoms with Gasteiger partial charge in [0.05, 0.1) is 19.6 Å². The summed E-state index contributed by atoms with van der Waals surface area (Å²) in [5.74, 6) is 0.592. The first kappa shape index (κ1) is 8.54. The molecular weight excluding hydrogens is 152 g/mol. The zero-order valence-corrected chi connectivity index (χ0v) is 7.16. The van der Waals surface area contributed by atoms with Crippen LogP contribution < -0.4 is 4.74 Å². The second-order valence-electron chi connectivity index (χ2n) is 2.43. The summed E-state index contributed by atoms with van der Waals surface area (Å²) < 4.78 is 4.93. The van der Waals surface area contributed by atoms with E-state index >= 15 is 0 Å². The molecule has 0 radical (unpaired) electrons. The molecule has 0 unspecified atom stereocenters. The third kappa shape index (κ3) is 1.73. The van der Waals surface area contributed by atoms with Crippen LogP contribution in [0.2, 0.25) is 0 Å². The molecule has 3 heteroatoms. The highest BCUT2D eigenvalue weighted by molar-refractivity contribution is 5.26. The smallest absolute Gasteiger partial charge is 0.213 e. The number of pyridine rings is 1. The van der Waals surface area contributed by atoms with Crippen molar-refractivity contribution >= 4 is 0 Å². The van der Waals surface area contributed by atoms with Gasteiger partial charge < -0.3 is 4.74 Å². The van der Waals surface area contributed by atoms with Crippen molar-refractivity contribution in [2.45, 2.75) is 13.3 Å². The molecule has 1 aromatic rings. The largest absolute Gasteiger partial charge is 0.481 e. The summed E-state index contributed by atoms with van der Waals surface area (Å²) in [7, 11) is 1.58. The second kappa shape index (κ2) is 3.72. The Kier molecular flexibility index (Phi) is 2.65. The van der Waals surface area contributed by atoms with Gasteiger partial charge in [0.15, 0.2) is 0 Å². The van der Waals surface area contributed by atoms with Crippen LogP contribution in [0.3, 0.4) is 0 Å². The molecule has 62 valence electrons. The van der Waals surface area contributed by atoms with Crippen LogP contribution in [0, 0.1) is 18.3 Å². The maximum Gasteiger partial charge on any atom is 0.213 e. The van der Waals surface area contributed by atoms with E-state index in [4.69, 9.17) is 10.00 Å². The third-order valence-electron chi connectivity index (χ3n) is 1.65. The Morgan fingerprint density at radius 3 is 2.83 bits per heavy atom. The lowest BCUT2D eigenvalue weighted by Crippen LogP contribution is -1.94. The van der Waals surface area contributed by atoms with E-state index in [1.54, 1.807) is 13.2 Å². The summed E-state index contributed by atoms with van der Waals surface area (Å²) in [6.45, 7) is 1.87. The van der Waals surface area contributed by atoms with Crippen LogP contribution in [0.1, 0.15) is 11.3 Å². The molecule has 12 heavy (non-hydrogen) atoms. The zero-order chi connectivity index (χ0) is 8.97. The number of methoxy groups -OCH3 is 1. The van der Waals surface area contributed by atoms with E-state index in [-0.39, 0.29) is 0 Å². The number of ether oxygens (including phenoxy) is 1. The number of hydrogen-bond donors (Lipinski definition) is 0. The molecule has 1 aromatic heterocycles. The van der Waals surface area contributed by atoms with Crippen molar-refractivity contribution in [2.75, 3.05) is 7.11 Å². The van der Waals surface area contributed by atoms with Crippen molar-refractivity contribution in [3.63, 3.8) is 0 Å². The summed E-state index contributed by atoms with van der Waals surface area (Å²) in [6.07, 6.45) is 0.406. The predicted octanol–water partition coefficient (Wildman–Crippen LogP) is 1.46. The van der Waals surface area contributed by atoms with Crippen molar-refractivity contribution in [3.8, 4) is 11.9 Å². The van der Waals surface area contributed by atoms with Gasteiger partial charge in [-0.15, -0.1) is 0 Å². The fourth-order valence-electron chi connectivity index (χ4n) is 0.953. The van der Waals surface area contributed by atoms with Crippen molar-refractivity contribution < 1.29 is 4.74 Å². The van der Waals surface area contributed by atoms with E-state index in [0.29, 0.717) is 12.3 Å². The fourth-order valence-corrected chi connectivity index (χ4v) is 0.953. The van der Waals surface area contributed by atoms with Gasteiger partial charge >= 0.3 is 0 Å². The molecule has 0 aliphatic heterocycles. The minimum absolute atomic E-state index is 0.406. The van der Waals surface area contributed by atoms with Crippen molar-refractivity contribution in [3.05, 3.63) is 23.4 Å². The van der Waals surface area contributed by atoms with E-state index in [9.17, 15) is 0 Å². The van der Waals surface area contributed by atoms with Gasteiger partial charge in [-0.3, -0.25) is 0 Å². The van der Waals surface area contributed by atoms with Crippen molar-refractivity contribution in [2.24, 2.45) is 0 Å². The van der Waals surface area contributed by atoms with Crippen LogP contribution in [0.25, 0.3) is 0 Å². The zero-order valence-electron chi connectivity index (χ0n) is 7.16. The van der Waals surface area contributed by atoms with Crippen LogP contribution in [0.4, 0.5) is 0 Å². The Morgan fingerprint density at radius 2 is 2.33 bits per heavy atom. The van der Waals surface area contributed by atoms with Crippen LogP contribution in [-0.4, -0.2) is 12.1 Å². The molecule has 1 heterocycles.